The van der Waals surface area contributed by atoms with Crippen LogP contribution in [0.4, 0.5) is 0 Å². The molecule has 27 heavy (non-hydrogen) atoms. The van der Waals surface area contributed by atoms with Crippen molar-refractivity contribution < 1.29 is 9.59 Å². The maximum atomic E-state index is 12.6. The topological polar surface area (TPSA) is 82.2 Å². The fourth-order valence-corrected chi connectivity index (χ4v) is 4.60. The molecular formula is C20H31N5O2. The third kappa shape index (κ3) is 4.33. The van der Waals surface area contributed by atoms with Gasteiger partial charge in [0, 0.05) is 32.6 Å². The first-order chi connectivity index (χ1) is 12.9. The first-order valence-electron chi connectivity index (χ1n) is 10.4. The molecule has 148 valence electrons. The van der Waals surface area contributed by atoms with E-state index in [0.29, 0.717) is 30.0 Å². The van der Waals surface area contributed by atoms with Gasteiger partial charge in [0.25, 0.3) is 0 Å². The molecule has 1 aromatic rings. The highest BCUT2D eigenvalue weighted by Crippen LogP contribution is 2.48. The zero-order valence-electron chi connectivity index (χ0n) is 16.5. The number of nitrogens with one attached hydrogen (secondary N) is 1. The quantitative estimate of drug-likeness (QED) is 0.855. The van der Waals surface area contributed by atoms with E-state index in [0.717, 1.165) is 51.3 Å². The Morgan fingerprint density at radius 2 is 1.81 bits per heavy atom. The molecule has 2 atom stereocenters. The molecular weight excluding hydrogens is 342 g/mol. The minimum absolute atomic E-state index is 0.117. The lowest BCUT2D eigenvalue weighted by atomic mass is 9.84. The molecule has 7 heteroatoms. The summed E-state index contributed by atoms with van der Waals surface area (Å²) in [4.78, 5) is 33.5. The van der Waals surface area contributed by atoms with Crippen molar-refractivity contribution in [3.05, 3.63) is 11.6 Å². The van der Waals surface area contributed by atoms with E-state index in [1.54, 1.807) is 0 Å². The lowest BCUT2D eigenvalue weighted by molar-refractivity contribution is -0.134. The third-order valence-corrected chi connectivity index (χ3v) is 6.69. The van der Waals surface area contributed by atoms with Crippen LogP contribution in [-0.4, -0.2) is 63.0 Å². The predicted molar refractivity (Wildman–Crippen MR) is 101 cm³/mol. The van der Waals surface area contributed by atoms with E-state index in [2.05, 4.69) is 27.0 Å². The van der Waals surface area contributed by atoms with E-state index >= 15 is 0 Å². The summed E-state index contributed by atoms with van der Waals surface area (Å²) in [6.07, 6.45) is 6.66. The van der Waals surface area contributed by atoms with E-state index in [4.69, 9.17) is 0 Å². The first-order valence-corrected chi connectivity index (χ1v) is 10.4. The van der Waals surface area contributed by atoms with Crippen molar-refractivity contribution in [2.75, 3.05) is 26.2 Å². The van der Waals surface area contributed by atoms with Gasteiger partial charge in [0.05, 0.1) is 6.42 Å². The van der Waals surface area contributed by atoms with E-state index < -0.39 is 0 Å². The Kier molecular flexibility index (Phi) is 4.95. The Bertz CT molecular complexity index is 711. The fraction of sp³-hybridized carbons (Fsp3) is 0.800. The van der Waals surface area contributed by atoms with Gasteiger partial charge in [-0.25, -0.2) is 4.98 Å². The zero-order valence-corrected chi connectivity index (χ0v) is 16.5. The highest BCUT2D eigenvalue weighted by atomic mass is 16.2. The summed E-state index contributed by atoms with van der Waals surface area (Å²) < 4.78 is 0. The minimum atomic E-state index is 0.117. The number of nitrogens with zero attached hydrogens (tertiary/aromatic N) is 4. The van der Waals surface area contributed by atoms with Crippen LogP contribution in [0.3, 0.4) is 0 Å². The van der Waals surface area contributed by atoms with Gasteiger partial charge in [0.1, 0.15) is 5.82 Å². The van der Waals surface area contributed by atoms with E-state index in [-0.39, 0.29) is 17.7 Å². The molecule has 0 aromatic carbocycles. The first kappa shape index (κ1) is 18.4. The number of H-pyrrole nitrogens is 1. The van der Waals surface area contributed by atoms with Crippen molar-refractivity contribution in [2.45, 2.75) is 58.8 Å². The van der Waals surface area contributed by atoms with Crippen LogP contribution in [0.1, 0.15) is 57.1 Å². The number of hydrogen-bond donors (Lipinski definition) is 1. The Hall–Kier alpha value is -1.92. The molecule has 2 unspecified atom stereocenters. The molecule has 4 rings (SSSR count). The van der Waals surface area contributed by atoms with Crippen molar-refractivity contribution in [2.24, 2.45) is 17.3 Å². The number of piperidine rings is 1. The Morgan fingerprint density at radius 1 is 1.11 bits per heavy atom. The summed E-state index contributed by atoms with van der Waals surface area (Å²) in [6.45, 7) is 7.47. The van der Waals surface area contributed by atoms with Gasteiger partial charge in [0.2, 0.25) is 11.8 Å². The lowest BCUT2D eigenvalue weighted by Gasteiger charge is -2.35. The monoisotopic (exact) mass is 373 g/mol. The van der Waals surface area contributed by atoms with Gasteiger partial charge in [-0.1, -0.05) is 6.92 Å². The largest absolute Gasteiger partial charge is 0.342 e. The maximum Gasteiger partial charge on any atom is 0.230 e. The van der Waals surface area contributed by atoms with Crippen LogP contribution in [0.25, 0.3) is 0 Å². The third-order valence-electron chi connectivity index (χ3n) is 6.69. The number of amides is 2. The molecule has 1 aromatic heterocycles. The molecule has 3 heterocycles. The van der Waals surface area contributed by atoms with Gasteiger partial charge >= 0.3 is 0 Å². The lowest BCUT2D eigenvalue weighted by Crippen LogP contribution is -2.43. The SMILES string of the molecule is Cc1nc(CC(=O)N2CCCC(C3CCN(C(=O)CC4(C)CC4)C3)C2)n[nH]1. The van der Waals surface area contributed by atoms with Gasteiger partial charge in [-0.05, 0) is 56.3 Å². The van der Waals surface area contributed by atoms with Crippen LogP contribution in [0.2, 0.25) is 0 Å². The molecule has 2 amide bonds. The molecule has 1 saturated carbocycles. The Morgan fingerprint density at radius 3 is 2.48 bits per heavy atom. The van der Waals surface area contributed by atoms with Gasteiger partial charge in [-0.2, -0.15) is 5.10 Å². The molecule has 2 aliphatic heterocycles. The van der Waals surface area contributed by atoms with Crippen LogP contribution in [0, 0.1) is 24.2 Å². The Balaban J connectivity index is 1.29. The van der Waals surface area contributed by atoms with Gasteiger partial charge < -0.3 is 9.80 Å². The molecule has 2 saturated heterocycles. The molecule has 3 aliphatic rings. The van der Waals surface area contributed by atoms with Crippen molar-refractivity contribution in [3.63, 3.8) is 0 Å². The van der Waals surface area contributed by atoms with Crippen molar-refractivity contribution in [1.29, 1.82) is 0 Å². The van der Waals surface area contributed by atoms with Crippen LogP contribution in [-0.2, 0) is 16.0 Å². The average molecular weight is 374 g/mol. The minimum Gasteiger partial charge on any atom is -0.342 e. The maximum absolute atomic E-state index is 12.6. The van der Waals surface area contributed by atoms with Crippen molar-refractivity contribution in [1.82, 2.24) is 25.0 Å². The summed E-state index contributed by atoms with van der Waals surface area (Å²) in [5.74, 6) is 2.80. The molecule has 0 bridgehead atoms. The standard InChI is InChI=1S/C20H31N5O2/c1-14-21-17(23-22-14)10-18(26)24-8-3-4-15(12-24)16-5-9-25(13-16)19(27)11-20(2)6-7-20/h15-16H,3-13H2,1-2H3,(H,21,22,23). The average Bonchev–Trinajstić information content (AvgIpc) is 3.03. The highest BCUT2D eigenvalue weighted by molar-refractivity contribution is 5.78. The summed E-state index contributed by atoms with van der Waals surface area (Å²) >= 11 is 0. The molecule has 1 aliphatic carbocycles. The molecule has 7 nitrogen and oxygen atoms in total. The van der Waals surface area contributed by atoms with Crippen LogP contribution in [0.5, 0.6) is 0 Å². The number of hydrogen-bond acceptors (Lipinski definition) is 4. The van der Waals surface area contributed by atoms with Crippen LogP contribution < -0.4 is 0 Å². The molecule has 1 N–H and O–H groups in total. The summed E-state index contributed by atoms with van der Waals surface area (Å²) in [6, 6.07) is 0. The second-order valence-corrected chi connectivity index (χ2v) is 9.13. The molecule has 0 spiro atoms. The number of carbonyl (C=O) groups is 2. The van der Waals surface area contributed by atoms with Gasteiger partial charge in [0.15, 0.2) is 5.82 Å². The van der Waals surface area contributed by atoms with E-state index in [1.165, 1.54) is 12.8 Å². The number of aryl methyl sites for hydroxylation is 1. The normalized spacial score (nSPS) is 27.0. The molecule has 3 fully saturated rings. The second kappa shape index (κ2) is 7.24. The summed E-state index contributed by atoms with van der Waals surface area (Å²) in [5, 5.41) is 6.88. The highest BCUT2D eigenvalue weighted by Gasteiger charge is 2.42. The number of aromatic nitrogens is 3. The number of aromatic amines is 1. The number of likely N-dealkylation sites (tertiary alicyclic amines) is 2. The van der Waals surface area contributed by atoms with E-state index in [9.17, 15) is 9.59 Å². The number of carbonyl (C=O) groups excluding carboxylic acids is 2. The molecule has 0 radical (unpaired) electrons. The van der Waals surface area contributed by atoms with Gasteiger partial charge in [-0.3, -0.25) is 14.7 Å². The smallest absolute Gasteiger partial charge is 0.230 e. The second-order valence-electron chi connectivity index (χ2n) is 9.13. The zero-order chi connectivity index (χ0) is 19.0. The van der Waals surface area contributed by atoms with Crippen molar-refractivity contribution in [3.8, 4) is 0 Å². The van der Waals surface area contributed by atoms with Crippen molar-refractivity contribution >= 4 is 11.8 Å². The predicted octanol–water partition coefficient (Wildman–Crippen LogP) is 1.93. The van der Waals surface area contributed by atoms with E-state index in [1.807, 2.05) is 11.8 Å². The fourth-order valence-electron chi connectivity index (χ4n) is 4.60. The number of rotatable bonds is 5. The Labute approximate surface area is 160 Å². The summed E-state index contributed by atoms with van der Waals surface area (Å²) in [5.41, 5.74) is 0.280. The van der Waals surface area contributed by atoms with Crippen LogP contribution in [0.15, 0.2) is 0 Å². The summed E-state index contributed by atoms with van der Waals surface area (Å²) in [7, 11) is 0. The van der Waals surface area contributed by atoms with Crippen LogP contribution >= 0.6 is 0 Å². The van der Waals surface area contributed by atoms with Gasteiger partial charge in [-0.15, -0.1) is 0 Å².